The average Bonchev–Trinajstić information content (AvgIpc) is 2.87. The van der Waals surface area contributed by atoms with Gasteiger partial charge in [-0.1, -0.05) is 13.0 Å². The predicted octanol–water partition coefficient (Wildman–Crippen LogP) is 1.20. The number of anilines is 1. The summed E-state index contributed by atoms with van der Waals surface area (Å²) in [5.41, 5.74) is 7.17. The van der Waals surface area contributed by atoms with Gasteiger partial charge in [0, 0.05) is 18.8 Å². The van der Waals surface area contributed by atoms with Crippen LogP contribution in [0, 0.1) is 12.8 Å². The summed E-state index contributed by atoms with van der Waals surface area (Å²) < 4.78 is 27.1. The molecule has 0 amide bonds. The van der Waals surface area contributed by atoms with E-state index in [1.54, 1.807) is 12.1 Å². The molecule has 6 heteroatoms. The van der Waals surface area contributed by atoms with Crippen LogP contribution in [0.2, 0.25) is 0 Å². The van der Waals surface area contributed by atoms with Crippen LogP contribution >= 0.6 is 0 Å². The number of nitrogens with zero attached hydrogens (tertiary/aromatic N) is 1. The van der Waals surface area contributed by atoms with Crippen LogP contribution in [0.25, 0.3) is 0 Å². The van der Waals surface area contributed by atoms with E-state index >= 15 is 0 Å². The smallest absolute Gasteiger partial charge is 0.240 e. The molecule has 1 aromatic rings. The molecule has 20 heavy (non-hydrogen) atoms. The fraction of sp³-hybridized carbons (Fsp3) is 0.571. The van der Waals surface area contributed by atoms with Gasteiger partial charge in [0.25, 0.3) is 0 Å². The molecule has 5 nitrogen and oxygen atoms in total. The molecule has 1 saturated heterocycles. The first kappa shape index (κ1) is 15.3. The topological polar surface area (TPSA) is 75.4 Å². The van der Waals surface area contributed by atoms with Crippen LogP contribution < -0.4 is 10.5 Å². The summed E-state index contributed by atoms with van der Waals surface area (Å²) in [6, 6.07) is 4.85. The van der Waals surface area contributed by atoms with E-state index in [1.165, 1.54) is 6.07 Å². The molecule has 0 saturated carbocycles. The van der Waals surface area contributed by atoms with Crippen molar-refractivity contribution in [3.63, 3.8) is 0 Å². The lowest BCUT2D eigenvalue weighted by molar-refractivity contribution is 0.342. The number of likely N-dealkylation sites (tertiary alicyclic amines) is 1. The van der Waals surface area contributed by atoms with Crippen LogP contribution in [0.5, 0.6) is 0 Å². The Morgan fingerprint density at radius 1 is 1.45 bits per heavy atom. The van der Waals surface area contributed by atoms with E-state index in [4.69, 9.17) is 5.73 Å². The van der Waals surface area contributed by atoms with Crippen LogP contribution in [0.15, 0.2) is 23.1 Å². The fourth-order valence-electron chi connectivity index (χ4n) is 2.46. The number of nitrogen functional groups attached to an aromatic ring is 1. The van der Waals surface area contributed by atoms with Crippen molar-refractivity contribution < 1.29 is 8.42 Å². The zero-order valence-corrected chi connectivity index (χ0v) is 12.9. The van der Waals surface area contributed by atoms with Crippen LogP contribution in [0.4, 0.5) is 5.69 Å². The fourth-order valence-corrected chi connectivity index (χ4v) is 3.61. The van der Waals surface area contributed by atoms with Crippen molar-refractivity contribution in [2.24, 2.45) is 5.92 Å². The zero-order valence-electron chi connectivity index (χ0n) is 12.1. The number of hydrogen-bond acceptors (Lipinski definition) is 4. The minimum atomic E-state index is -3.46. The van der Waals surface area contributed by atoms with Crippen LogP contribution in [-0.2, 0) is 10.0 Å². The number of rotatable bonds is 5. The van der Waals surface area contributed by atoms with Crippen molar-refractivity contribution in [2.45, 2.75) is 25.2 Å². The Kier molecular flexibility index (Phi) is 4.67. The summed E-state index contributed by atoms with van der Waals surface area (Å²) in [6.07, 6.45) is 1.05. The van der Waals surface area contributed by atoms with Gasteiger partial charge in [-0.2, -0.15) is 0 Å². The molecule has 1 atom stereocenters. The number of hydrogen-bond donors (Lipinski definition) is 2. The van der Waals surface area contributed by atoms with Crippen molar-refractivity contribution in [1.29, 1.82) is 0 Å². The molecule has 1 aromatic carbocycles. The minimum Gasteiger partial charge on any atom is -0.398 e. The van der Waals surface area contributed by atoms with Crippen LogP contribution in [0.1, 0.15) is 18.9 Å². The summed E-state index contributed by atoms with van der Waals surface area (Å²) in [5.74, 6) is 0.396. The molecule has 3 N–H and O–H groups in total. The van der Waals surface area contributed by atoms with Crippen LogP contribution in [0.3, 0.4) is 0 Å². The number of nitrogens with two attached hydrogens (primary N) is 1. The Morgan fingerprint density at radius 3 is 2.80 bits per heavy atom. The van der Waals surface area contributed by atoms with Gasteiger partial charge in [0.2, 0.25) is 10.0 Å². The van der Waals surface area contributed by atoms with Gasteiger partial charge in [-0.15, -0.1) is 0 Å². The molecule has 0 aliphatic carbocycles. The molecule has 0 bridgehead atoms. The Morgan fingerprint density at radius 2 is 2.20 bits per heavy atom. The SMILES string of the molecule is CCN1CCC(CNS(=O)(=O)c2ccc(C)c(N)c2)C1. The van der Waals surface area contributed by atoms with Gasteiger partial charge >= 0.3 is 0 Å². The van der Waals surface area contributed by atoms with E-state index < -0.39 is 10.0 Å². The molecule has 1 heterocycles. The second kappa shape index (κ2) is 6.11. The van der Waals surface area contributed by atoms with Gasteiger partial charge in [-0.05, 0) is 50.0 Å². The van der Waals surface area contributed by atoms with E-state index in [1.807, 2.05) is 6.92 Å². The van der Waals surface area contributed by atoms with E-state index in [-0.39, 0.29) is 4.90 Å². The van der Waals surface area contributed by atoms with Crippen molar-refractivity contribution in [3.8, 4) is 0 Å². The number of sulfonamides is 1. The second-order valence-corrected chi connectivity index (χ2v) is 7.19. The summed E-state index contributed by atoms with van der Waals surface area (Å²) >= 11 is 0. The molecule has 0 spiro atoms. The monoisotopic (exact) mass is 297 g/mol. The van der Waals surface area contributed by atoms with Crippen molar-refractivity contribution in [1.82, 2.24) is 9.62 Å². The summed E-state index contributed by atoms with van der Waals surface area (Å²) in [7, 11) is -3.46. The van der Waals surface area contributed by atoms with Gasteiger partial charge in [0.15, 0.2) is 0 Å². The Labute approximate surface area is 121 Å². The third-order valence-corrected chi connectivity index (χ3v) is 5.36. The summed E-state index contributed by atoms with van der Waals surface area (Å²) in [5, 5.41) is 0. The zero-order chi connectivity index (χ0) is 14.8. The predicted molar refractivity (Wildman–Crippen MR) is 81.0 cm³/mol. The van der Waals surface area contributed by atoms with E-state index in [0.29, 0.717) is 18.2 Å². The third kappa shape index (κ3) is 3.50. The first-order valence-electron chi connectivity index (χ1n) is 7.00. The first-order chi connectivity index (χ1) is 9.42. The van der Waals surface area contributed by atoms with Crippen molar-refractivity contribution in [2.75, 3.05) is 31.9 Å². The highest BCUT2D eigenvalue weighted by molar-refractivity contribution is 7.89. The highest BCUT2D eigenvalue weighted by Gasteiger charge is 2.23. The van der Waals surface area contributed by atoms with Gasteiger partial charge in [0.1, 0.15) is 0 Å². The third-order valence-electron chi connectivity index (χ3n) is 3.94. The highest BCUT2D eigenvalue weighted by atomic mass is 32.2. The van der Waals surface area contributed by atoms with Gasteiger partial charge in [-0.3, -0.25) is 0 Å². The van der Waals surface area contributed by atoms with Gasteiger partial charge in [-0.25, -0.2) is 13.1 Å². The maximum absolute atomic E-state index is 12.2. The van der Waals surface area contributed by atoms with E-state index in [2.05, 4.69) is 16.5 Å². The number of nitrogens with one attached hydrogen (secondary N) is 1. The maximum Gasteiger partial charge on any atom is 0.240 e. The average molecular weight is 297 g/mol. The van der Waals surface area contributed by atoms with Crippen molar-refractivity contribution in [3.05, 3.63) is 23.8 Å². The molecular formula is C14H23N3O2S. The molecule has 1 aliphatic rings. The molecule has 0 radical (unpaired) electrons. The lowest BCUT2D eigenvalue weighted by atomic mass is 10.1. The Bertz CT molecular complexity index is 572. The number of benzene rings is 1. The van der Waals surface area contributed by atoms with E-state index in [0.717, 1.165) is 31.6 Å². The summed E-state index contributed by atoms with van der Waals surface area (Å²) in [6.45, 7) is 7.53. The molecule has 1 unspecified atom stereocenters. The lowest BCUT2D eigenvalue weighted by Gasteiger charge is -2.14. The second-order valence-electron chi connectivity index (χ2n) is 5.42. The minimum absolute atomic E-state index is 0.242. The summed E-state index contributed by atoms with van der Waals surface area (Å²) in [4.78, 5) is 2.58. The molecule has 1 aliphatic heterocycles. The molecular weight excluding hydrogens is 274 g/mol. The van der Waals surface area contributed by atoms with Crippen molar-refractivity contribution >= 4 is 15.7 Å². The molecule has 112 valence electrons. The lowest BCUT2D eigenvalue weighted by Crippen LogP contribution is -2.31. The molecule has 2 rings (SSSR count). The Hall–Kier alpha value is -1.11. The quantitative estimate of drug-likeness (QED) is 0.801. The Balaban J connectivity index is 1.99. The van der Waals surface area contributed by atoms with Crippen LogP contribution in [-0.4, -0.2) is 39.5 Å². The molecule has 0 aromatic heterocycles. The maximum atomic E-state index is 12.2. The van der Waals surface area contributed by atoms with E-state index in [9.17, 15) is 8.42 Å². The largest absolute Gasteiger partial charge is 0.398 e. The first-order valence-corrected chi connectivity index (χ1v) is 8.49. The van der Waals surface area contributed by atoms with Gasteiger partial charge < -0.3 is 10.6 Å². The molecule has 1 fully saturated rings. The highest BCUT2D eigenvalue weighted by Crippen LogP contribution is 2.19. The van der Waals surface area contributed by atoms with Gasteiger partial charge in [0.05, 0.1) is 4.90 Å². The normalized spacial score (nSPS) is 20.4. The standard InChI is InChI=1S/C14H23N3O2S/c1-3-17-7-6-12(10-17)9-16-20(18,19)13-5-4-11(2)14(15)8-13/h4-5,8,12,16H,3,6-7,9-10,15H2,1-2H3. The number of aryl methyl sites for hydroxylation is 1.